The maximum Gasteiger partial charge on any atom is 0.187 e. The maximum atomic E-state index is 11.0. The summed E-state index contributed by atoms with van der Waals surface area (Å²) in [5.41, 5.74) is -1.20. The molecule has 0 aliphatic carbocycles. The average molecular weight is 565 g/mol. The first-order chi connectivity index (χ1) is 18.6. The topological polar surface area (TPSA) is 237 Å². The summed E-state index contributed by atoms with van der Waals surface area (Å²) in [5.74, 6) is 0. The first-order valence-electron chi connectivity index (χ1n) is 12.5. The minimum atomic E-state index is -1.93. The van der Waals surface area contributed by atoms with E-state index in [1.807, 2.05) is 0 Å². The summed E-state index contributed by atoms with van der Waals surface area (Å²) < 4.78 is 33.3. The molecular formula is C24H36O15. The maximum absolute atomic E-state index is 11.0. The Labute approximate surface area is 223 Å². The van der Waals surface area contributed by atoms with Crippen LogP contribution >= 0.6 is 0 Å². The molecule has 9 N–H and O–H groups in total. The molecule has 222 valence electrons. The van der Waals surface area contributed by atoms with Gasteiger partial charge in [0.15, 0.2) is 18.9 Å². The fraction of sp³-hybridized carbons (Fsp3) is 0.750. The van der Waals surface area contributed by atoms with E-state index < -0.39 is 106 Å². The molecular weight excluding hydrogens is 528 g/mol. The van der Waals surface area contributed by atoms with Gasteiger partial charge < -0.3 is 74.4 Å². The number of aliphatic hydroxyl groups is 9. The van der Waals surface area contributed by atoms with Crippen molar-refractivity contribution >= 4 is 0 Å². The van der Waals surface area contributed by atoms with Crippen LogP contribution in [0.1, 0.15) is 5.56 Å². The predicted molar refractivity (Wildman–Crippen MR) is 124 cm³/mol. The van der Waals surface area contributed by atoms with Gasteiger partial charge in [0.2, 0.25) is 0 Å². The van der Waals surface area contributed by atoms with Crippen molar-refractivity contribution in [1.82, 2.24) is 0 Å². The molecule has 15 nitrogen and oxygen atoms in total. The van der Waals surface area contributed by atoms with Crippen LogP contribution in [0.2, 0.25) is 0 Å². The highest BCUT2D eigenvalue weighted by Crippen LogP contribution is 2.31. The van der Waals surface area contributed by atoms with Gasteiger partial charge in [-0.05, 0) is 5.56 Å². The summed E-state index contributed by atoms with van der Waals surface area (Å²) in [7, 11) is 0. The molecule has 3 aliphatic rings. The van der Waals surface area contributed by atoms with Crippen LogP contribution < -0.4 is 0 Å². The van der Waals surface area contributed by atoms with Crippen LogP contribution in [-0.2, 0) is 35.0 Å². The molecule has 15 heteroatoms. The first-order valence-corrected chi connectivity index (χ1v) is 12.5. The van der Waals surface area contributed by atoms with E-state index in [-0.39, 0.29) is 6.61 Å². The summed E-state index contributed by atoms with van der Waals surface area (Å²) in [6.45, 7) is -2.35. The third-order valence-electron chi connectivity index (χ3n) is 7.05. The van der Waals surface area contributed by atoms with Crippen molar-refractivity contribution in [2.24, 2.45) is 0 Å². The van der Waals surface area contributed by atoms with E-state index in [1.165, 1.54) is 0 Å². The fourth-order valence-corrected chi connectivity index (χ4v) is 4.53. The quantitative estimate of drug-likeness (QED) is 0.130. The van der Waals surface area contributed by atoms with E-state index in [0.717, 1.165) is 5.56 Å². The number of aliphatic hydroxyl groups excluding tert-OH is 8. The Morgan fingerprint density at radius 2 is 1.44 bits per heavy atom. The fourth-order valence-electron chi connectivity index (χ4n) is 4.53. The second-order valence-corrected chi connectivity index (χ2v) is 9.84. The Hall–Kier alpha value is -1.38. The third-order valence-corrected chi connectivity index (χ3v) is 7.05. The Bertz CT molecular complexity index is 892. The van der Waals surface area contributed by atoms with Gasteiger partial charge in [-0.25, -0.2) is 0 Å². The van der Waals surface area contributed by atoms with Gasteiger partial charge in [0.25, 0.3) is 0 Å². The average Bonchev–Trinajstić information content (AvgIpc) is 3.24. The molecule has 0 aromatic heterocycles. The van der Waals surface area contributed by atoms with E-state index >= 15 is 0 Å². The van der Waals surface area contributed by atoms with Crippen LogP contribution in [0.5, 0.6) is 0 Å². The normalized spacial score (nSPS) is 44.9. The summed E-state index contributed by atoms with van der Waals surface area (Å²) in [4.78, 5) is 0. The zero-order valence-electron chi connectivity index (χ0n) is 20.8. The number of hydrogen-bond acceptors (Lipinski definition) is 15. The van der Waals surface area contributed by atoms with Crippen LogP contribution in [0.4, 0.5) is 0 Å². The Kier molecular flexibility index (Phi) is 10.2. The summed E-state index contributed by atoms with van der Waals surface area (Å²) >= 11 is 0. The Morgan fingerprint density at radius 3 is 2.08 bits per heavy atom. The smallest absolute Gasteiger partial charge is 0.187 e. The standard InChI is InChI=1S/C24H36O15/c25-6-12-14(27)16(29)18(31)21(37-12)39-19-17(30)15(28)13(8-35-23-20(32)24(33,9-26)10-36-23)38-22(19)34-7-11-4-2-1-3-5-11/h1-5,12-23,25-33H,6-10H2. The Morgan fingerprint density at radius 1 is 0.769 bits per heavy atom. The van der Waals surface area contributed by atoms with Gasteiger partial charge in [0.05, 0.1) is 33.0 Å². The number of ether oxygens (including phenoxy) is 6. The van der Waals surface area contributed by atoms with Crippen LogP contribution in [-0.4, -0.2) is 152 Å². The summed E-state index contributed by atoms with van der Waals surface area (Å²) in [6, 6.07) is 8.89. The third kappa shape index (κ3) is 6.59. The highest BCUT2D eigenvalue weighted by Gasteiger charge is 2.52. The molecule has 3 fully saturated rings. The lowest BCUT2D eigenvalue weighted by Gasteiger charge is -2.46. The van der Waals surface area contributed by atoms with Crippen molar-refractivity contribution in [2.45, 2.75) is 86.0 Å². The SMILES string of the molecule is OCC1OC(OC2C(OCc3ccccc3)OC(COC3OCC(O)(CO)C3O)C(O)C2O)C(O)C(O)C1O. The van der Waals surface area contributed by atoms with Gasteiger partial charge in [-0.3, -0.25) is 0 Å². The lowest BCUT2D eigenvalue weighted by atomic mass is 9.97. The molecule has 1 aromatic carbocycles. The largest absolute Gasteiger partial charge is 0.394 e. The van der Waals surface area contributed by atoms with Crippen molar-refractivity contribution in [2.75, 3.05) is 26.4 Å². The molecule has 0 saturated carbocycles. The zero-order valence-corrected chi connectivity index (χ0v) is 20.8. The molecule has 4 rings (SSSR count). The Balaban J connectivity index is 1.47. The number of hydrogen-bond donors (Lipinski definition) is 9. The lowest BCUT2D eigenvalue weighted by Crippen LogP contribution is -2.64. The van der Waals surface area contributed by atoms with Gasteiger partial charge in [0.1, 0.15) is 60.5 Å². The molecule has 3 heterocycles. The second-order valence-electron chi connectivity index (χ2n) is 9.84. The van der Waals surface area contributed by atoms with Gasteiger partial charge >= 0.3 is 0 Å². The highest BCUT2D eigenvalue weighted by atomic mass is 16.8. The van der Waals surface area contributed by atoms with E-state index in [1.54, 1.807) is 30.3 Å². The second kappa shape index (κ2) is 13.1. The number of rotatable bonds is 10. The van der Waals surface area contributed by atoms with Crippen LogP contribution in [0.15, 0.2) is 30.3 Å². The van der Waals surface area contributed by atoms with E-state index in [2.05, 4.69) is 0 Å². The molecule has 3 aliphatic heterocycles. The summed E-state index contributed by atoms with van der Waals surface area (Å²) in [6.07, 6.45) is -18.6. The van der Waals surface area contributed by atoms with Crippen molar-refractivity contribution in [3.63, 3.8) is 0 Å². The van der Waals surface area contributed by atoms with Gasteiger partial charge in [0, 0.05) is 0 Å². The van der Waals surface area contributed by atoms with Gasteiger partial charge in [-0.1, -0.05) is 30.3 Å². The first kappa shape index (κ1) is 30.6. The molecule has 0 bridgehead atoms. The van der Waals surface area contributed by atoms with E-state index in [0.29, 0.717) is 0 Å². The van der Waals surface area contributed by atoms with E-state index in [9.17, 15) is 46.0 Å². The molecule has 13 atom stereocenters. The molecule has 13 unspecified atom stereocenters. The lowest BCUT2D eigenvalue weighted by molar-refractivity contribution is -0.370. The monoisotopic (exact) mass is 564 g/mol. The van der Waals surface area contributed by atoms with Crippen molar-refractivity contribution in [3.8, 4) is 0 Å². The van der Waals surface area contributed by atoms with Crippen molar-refractivity contribution in [1.29, 1.82) is 0 Å². The molecule has 39 heavy (non-hydrogen) atoms. The minimum absolute atomic E-state index is 0.0234. The summed E-state index contributed by atoms with van der Waals surface area (Å²) in [5, 5.41) is 91.3. The van der Waals surface area contributed by atoms with Crippen LogP contribution in [0, 0.1) is 0 Å². The van der Waals surface area contributed by atoms with Crippen LogP contribution in [0.25, 0.3) is 0 Å². The van der Waals surface area contributed by atoms with Crippen molar-refractivity contribution < 1.29 is 74.4 Å². The minimum Gasteiger partial charge on any atom is -0.394 e. The molecule has 3 saturated heterocycles. The molecule has 0 radical (unpaired) electrons. The van der Waals surface area contributed by atoms with E-state index in [4.69, 9.17) is 28.4 Å². The predicted octanol–water partition coefficient (Wildman–Crippen LogP) is -4.71. The van der Waals surface area contributed by atoms with Gasteiger partial charge in [-0.15, -0.1) is 0 Å². The van der Waals surface area contributed by atoms with Crippen LogP contribution in [0.3, 0.4) is 0 Å². The molecule has 0 spiro atoms. The molecule has 0 amide bonds. The van der Waals surface area contributed by atoms with Gasteiger partial charge in [-0.2, -0.15) is 0 Å². The number of benzene rings is 1. The highest BCUT2D eigenvalue weighted by molar-refractivity contribution is 5.13. The van der Waals surface area contributed by atoms with Crippen molar-refractivity contribution in [3.05, 3.63) is 35.9 Å². The molecule has 1 aromatic rings. The zero-order chi connectivity index (χ0) is 28.3.